The molecule has 0 aromatic heterocycles. The largest absolute Gasteiger partial charge is 0.464 e. The van der Waals surface area contributed by atoms with Crippen LogP contribution in [0.15, 0.2) is 18.2 Å². The molecule has 0 aliphatic heterocycles. The molecular weight excluding hydrogens is 381 g/mol. The van der Waals surface area contributed by atoms with Crippen molar-refractivity contribution in [1.29, 1.82) is 0 Å². The van der Waals surface area contributed by atoms with E-state index in [9.17, 15) is 4.79 Å². The first-order valence-corrected chi connectivity index (χ1v) is 10.8. The fraction of sp³-hybridized carbons (Fsp3) is 0.682. The first-order chi connectivity index (χ1) is 12.7. The van der Waals surface area contributed by atoms with E-state index in [-0.39, 0.29) is 11.4 Å². The summed E-state index contributed by atoms with van der Waals surface area (Å²) in [5.74, 6) is 0.785. The lowest BCUT2D eigenvalue weighted by Crippen LogP contribution is -2.54. The van der Waals surface area contributed by atoms with Gasteiger partial charge in [0.05, 0.1) is 10.0 Å². The van der Waals surface area contributed by atoms with Crippen molar-refractivity contribution in [2.75, 3.05) is 13.2 Å². The highest BCUT2D eigenvalue weighted by molar-refractivity contribution is 6.42. The summed E-state index contributed by atoms with van der Waals surface area (Å²) in [5.41, 5.74) is 1.35. The number of hydrogen-bond donors (Lipinski definition) is 1. The van der Waals surface area contributed by atoms with Crippen LogP contribution in [0.3, 0.4) is 0 Å². The maximum atomic E-state index is 11.8. The number of carbonyl (C=O) groups is 1. The molecule has 1 unspecified atom stereocenters. The second-order valence-electron chi connectivity index (χ2n) is 8.59. The Morgan fingerprint density at radius 2 is 1.85 bits per heavy atom. The van der Waals surface area contributed by atoms with Gasteiger partial charge in [-0.15, -0.1) is 0 Å². The van der Waals surface area contributed by atoms with E-state index in [1.807, 2.05) is 26.0 Å². The Bertz CT molecular complexity index is 627. The van der Waals surface area contributed by atoms with Crippen LogP contribution in [0.5, 0.6) is 0 Å². The van der Waals surface area contributed by atoms with Crippen molar-refractivity contribution in [3.8, 4) is 0 Å². The molecule has 0 amide bonds. The topological polar surface area (TPSA) is 38.3 Å². The van der Waals surface area contributed by atoms with Gasteiger partial charge in [0, 0.05) is 24.4 Å². The molecule has 2 rings (SSSR count). The Hall–Kier alpha value is -0.770. The van der Waals surface area contributed by atoms with E-state index in [1.54, 1.807) is 0 Å². The van der Waals surface area contributed by atoms with Gasteiger partial charge in [0.1, 0.15) is 6.61 Å². The van der Waals surface area contributed by atoms with E-state index < -0.39 is 0 Å². The number of hydrogen-bond acceptors (Lipinski definition) is 3. The number of carbonyl (C=O) groups excluding carboxylic acids is 1. The van der Waals surface area contributed by atoms with Crippen LogP contribution in [0.4, 0.5) is 0 Å². The fourth-order valence-electron chi connectivity index (χ4n) is 3.97. The lowest BCUT2D eigenvalue weighted by Gasteiger charge is -2.49. The van der Waals surface area contributed by atoms with Gasteiger partial charge in [-0.2, -0.15) is 0 Å². The highest BCUT2D eigenvalue weighted by Crippen LogP contribution is 2.49. The van der Waals surface area contributed by atoms with Gasteiger partial charge < -0.3 is 10.1 Å². The SMILES string of the molecule is CC(C)CC(=O)OCCNC(CC(C)C)C1(c2ccc(Cl)c(Cl)c2)CCC1. The molecule has 1 aliphatic rings. The molecule has 3 nitrogen and oxygen atoms in total. The third-order valence-corrected chi connectivity index (χ3v) is 6.18. The van der Waals surface area contributed by atoms with E-state index in [0.717, 1.165) is 19.3 Å². The summed E-state index contributed by atoms with van der Waals surface area (Å²) in [6, 6.07) is 6.37. The predicted molar refractivity (Wildman–Crippen MR) is 114 cm³/mol. The van der Waals surface area contributed by atoms with Crippen LogP contribution in [0.2, 0.25) is 10.0 Å². The molecule has 1 saturated carbocycles. The minimum atomic E-state index is -0.116. The fourth-order valence-corrected chi connectivity index (χ4v) is 4.27. The van der Waals surface area contributed by atoms with Crippen LogP contribution in [0, 0.1) is 11.8 Å². The summed E-state index contributed by atoms with van der Waals surface area (Å²) in [6.45, 7) is 9.63. The van der Waals surface area contributed by atoms with Gasteiger partial charge >= 0.3 is 5.97 Å². The van der Waals surface area contributed by atoms with E-state index in [4.69, 9.17) is 27.9 Å². The zero-order valence-corrected chi connectivity index (χ0v) is 18.5. The zero-order valence-electron chi connectivity index (χ0n) is 17.0. The molecule has 0 bridgehead atoms. The second kappa shape index (κ2) is 10.1. The molecule has 27 heavy (non-hydrogen) atoms. The highest BCUT2D eigenvalue weighted by Gasteiger charge is 2.45. The summed E-state index contributed by atoms with van der Waals surface area (Å²) in [5, 5.41) is 4.90. The minimum absolute atomic E-state index is 0.0838. The minimum Gasteiger partial charge on any atom is -0.464 e. The van der Waals surface area contributed by atoms with Crippen LogP contribution < -0.4 is 5.32 Å². The summed E-state index contributed by atoms with van der Waals surface area (Å²) in [7, 11) is 0. The molecule has 0 heterocycles. The number of rotatable bonds is 10. The molecule has 1 aromatic carbocycles. The van der Waals surface area contributed by atoms with Gasteiger partial charge in [-0.1, -0.05) is 63.4 Å². The molecular formula is C22H33Cl2NO2. The molecule has 0 radical (unpaired) electrons. The Kier molecular flexibility index (Phi) is 8.45. The summed E-state index contributed by atoms with van der Waals surface area (Å²) in [4.78, 5) is 11.8. The van der Waals surface area contributed by atoms with Crippen LogP contribution >= 0.6 is 23.2 Å². The highest BCUT2D eigenvalue weighted by atomic mass is 35.5. The van der Waals surface area contributed by atoms with Crippen LogP contribution in [0.1, 0.15) is 65.4 Å². The maximum absolute atomic E-state index is 11.8. The molecule has 1 aromatic rings. The number of ether oxygens (including phenoxy) is 1. The van der Waals surface area contributed by atoms with Gasteiger partial charge in [0.2, 0.25) is 0 Å². The van der Waals surface area contributed by atoms with E-state index in [2.05, 4.69) is 25.2 Å². The van der Waals surface area contributed by atoms with E-state index in [0.29, 0.717) is 47.5 Å². The molecule has 1 aliphatic carbocycles. The number of benzene rings is 1. The first-order valence-electron chi connectivity index (χ1n) is 10.1. The summed E-state index contributed by atoms with van der Waals surface area (Å²) < 4.78 is 5.37. The van der Waals surface area contributed by atoms with Gasteiger partial charge in [-0.3, -0.25) is 4.79 Å². The quantitative estimate of drug-likeness (QED) is 0.376. The van der Waals surface area contributed by atoms with Gasteiger partial charge in [0.25, 0.3) is 0 Å². The van der Waals surface area contributed by atoms with Crippen molar-refractivity contribution in [2.45, 2.75) is 71.3 Å². The lowest BCUT2D eigenvalue weighted by molar-refractivity contribution is -0.144. The normalized spacial score (nSPS) is 17.0. The molecule has 1 fully saturated rings. The molecule has 0 saturated heterocycles. The first kappa shape index (κ1) is 22.5. The van der Waals surface area contributed by atoms with Crippen molar-refractivity contribution < 1.29 is 9.53 Å². The second-order valence-corrected chi connectivity index (χ2v) is 9.41. The van der Waals surface area contributed by atoms with Crippen LogP contribution in [0.25, 0.3) is 0 Å². The molecule has 0 spiro atoms. The molecule has 152 valence electrons. The number of nitrogens with one attached hydrogen (secondary N) is 1. The number of halogens is 2. The molecule has 1 atom stereocenters. The number of esters is 1. The standard InChI is InChI=1S/C22H33Cl2NO2/c1-15(2)12-20(25-10-11-27-21(26)13-16(3)4)22(8-5-9-22)17-6-7-18(23)19(24)14-17/h6-7,14-16,20,25H,5,8-13H2,1-4H3. The Balaban J connectivity index is 2.04. The Morgan fingerprint density at radius 1 is 1.15 bits per heavy atom. The van der Waals surface area contributed by atoms with Crippen molar-refractivity contribution in [1.82, 2.24) is 5.32 Å². The van der Waals surface area contributed by atoms with Crippen molar-refractivity contribution in [2.24, 2.45) is 11.8 Å². The molecule has 5 heteroatoms. The third kappa shape index (κ3) is 6.10. The monoisotopic (exact) mass is 413 g/mol. The smallest absolute Gasteiger partial charge is 0.306 e. The van der Waals surface area contributed by atoms with Crippen LogP contribution in [-0.4, -0.2) is 25.2 Å². The van der Waals surface area contributed by atoms with E-state index >= 15 is 0 Å². The van der Waals surface area contributed by atoms with Crippen molar-refractivity contribution in [3.63, 3.8) is 0 Å². The maximum Gasteiger partial charge on any atom is 0.306 e. The Labute approximate surface area is 174 Å². The third-order valence-electron chi connectivity index (χ3n) is 5.45. The van der Waals surface area contributed by atoms with E-state index in [1.165, 1.54) is 12.0 Å². The zero-order chi connectivity index (χ0) is 20.0. The summed E-state index contributed by atoms with van der Waals surface area (Å²) >= 11 is 12.4. The van der Waals surface area contributed by atoms with Gasteiger partial charge in [-0.05, 0) is 48.8 Å². The van der Waals surface area contributed by atoms with Crippen molar-refractivity contribution >= 4 is 29.2 Å². The average Bonchev–Trinajstić information content (AvgIpc) is 2.52. The predicted octanol–water partition coefficient (Wildman–Crippen LogP) is 6.01. The Morgan fingerprint density at radius 3 is 2.37 bits per heavy atom. The van der Waals surface area contributed by atoms with Gasteiger partial charge in [-0.25, -0.2) is 0 Å². The van der Waals surface area contributed by atoms with Crippen molar-refractivity contribution in [3.05, 3.63) is 33.8 Å². The van der Waals surface area contributed by atoms with Crippen LogP contribution in [-0.2, 0) is 14.9 Å². The molecule has 1 N–H and O–H groups in total. The summed E-state index contributed by atoms with van der Waals surface area (Å²) in [6.07, 6.45) is 5.05. The van der Waals surface area contributed by atoms with Gasteiger partial charge in [0.15, 0.2) is 0 Å². The lowest BCUT2D eigenvalue weighted by atomic mass is 9.59. The average molecular weight is 414 g/mol.